The molecule has 0 bridgehead atoms. The first kappa shape index (κ1) is 9.24. The predicted molar refractivity (Wildman–Crippen MR) is 45.1 cm³/mol. The Bertz CT molecular complexity index is 319. The second kappa shape index (κ2) is 4.24. The van der Waals surface area contributed by atoms with Crippen LogP contribution >= 0.6 is 0 Å². The molecule has 0 amide bonds. The minimum atomic E-state index is 0.0577. The van der Waals surface area contributed by atoms with Crippen LogP contribution in [0.5, 0.6) is 0 Å². The van der Waals surface area contributed by atoms with E-state index in [2.05, 4.69) is 19.7 Å². The van der Waals surface area contributed by atoms with Crippen LogP contribution in [0.3, 0.4) is 0 Å². The van der Waals surface area contributed by atoms with Crippen molar-refractivity contribution < 1.29 is 14.2 Å². The van der Waals surface area contributed by atoms with Crippen LogP contribution in [0, 0.1) is 0 Å². The molecule has 0 unspecified atom stereocenters. The number of nitrogens with two attached hydrogens (primary N) is 1. The van der Waals surface area contributed by atoms with Crippen LogP contribution in [-0.4, -0.2) is 23.8 Å². The van der Waals surface area contributed by atoms with Crippen LogP contribution in [0.2, 0.25) is 0 Å². The van der Waals surface area contributed by atoms with Gasteiger partial charge in [0.2, 0.25) is 5.88 Å². The third-order valence-corrected chi connectivity index (χ3v) is 1.19. The minimum Gasteiger partial charge on any atom is -0.395 e. The van der Waals surface area contributed by atoms with E-state index in [9.17, 15) is 4.79 Å². The highest BCUT2D eigenvalue weighted by Crippen LogP contribution is 2.05. The fourth-order valence-electron chi connectivity index (χ4n) is 0.673. The monoisotopic (exact) mass is 183 g/mol. The van der Waals surface area contributed by atoms with E-state index in [1.807, 2.05) is 0 Å². The lowest BCUT2D eigenvalue weighted by atomic mass is 10.3. The molecule has 13 heavy (non-hydrogen) atoms. The summed E-state index contributed by atoms with van der Waals surface area (Å²) in [6.07, 6.45) is 0.521. The van der Waals surface area contributed by atoms with Crippen LogP contribution in [0.25, 0.3) is 0 Å². The van der Waals surface area contributed by atoms with Crippen molar-refractivity contribution in [1.29, 1.82) is 0 Å². The Kier molecular flexibility index (Phi) is 3.02. The summed E-state index contributed by atoms with van der Waals surface area (Å²) in [5.41, 5.74) is 5.58. The van der Waals surface area contributed by atoms with Gasteiger partial charge in [-0.1, -0.05) is 10.3 Å². The van der Waals surface area contributed by atoms with E-state index in [0.717, 1.165) is 0 Å². The first-order valence-electron chi connectivity index (χ1n) is 3.65. The number of hydrogen-bond acceptors (Lipinski definition) is 6. The number of anilines is 1. The van der Waals surface area contributed by atoms with Gasteiger partial charge in [-0.2, -0.15) is 0 Å². The lowest BCUT2D eigenvalue weighted by Crippen LogP contribution is -2.03. The number of carbonyl (C=O) groups excluding carboxylic acids is 1. The summed E-state index contributed by atoms with van der Waals surface area (Å²) in [6.45, 7) is 2.13. The summed E-state index contributed by atoms with van der Waals surface area (Å²) >= 11 is 0. The Morgan fingerprint density at radius 3 is 3.15 bits per heavy atom. The minimum absolute atomic E-state index is 0.0577. The van der Waals surface area contributed by atoms with Gasteiger partial charge in [0.15, 0.2) is 12.0 Å². The summed E-state index contributed by atoms with van der Waals surface area (Å²) in [5.74, 6) is 0.126. The molecule has 0 spiro atoms. The van der Waals surface area contributed by atoms with Crippen molar-refractivity contribution in [1.82, 2.24) is 5.16 Å². The standard InChI is InChI=1S/C7H9N3O3/c1-2-12-9-6(4-11)5-3-7(8)13-10-5/h3-4H,2,8H2,1H3/b9-6+. The number of hydrogen-bond donors (Lipinski definition) is 1. The average Bonchev–Trinajstić information content (AvgIpc) is 2.54. The summed E-state index contributed by atoms with van der Waals surface area (Å²) in [7, 11) is 0. The molecular formula is C7H9N3O3. The highest BCUT2D eigenvalue weighted by atomic mass is 16.6. The molecule has 0 aliphatic carbocycles. The van der Waals surface area contributed by atoms with Crippen LogP contribution in [0.1, 0.15) is 12.6 Å². The van der Waals surface area contributed by atoms with Gasteiger partial charge in [-0.15, -0.1) is 0 Å². The SMILES string of the molecule is CCO/N=C(\C=O)c1cc(N)on1. The quantitative estimate of drug-likeness (QED) is 0.409. The van der Waals surface area contributed by atoms with Gasteiger partial charge >= 0.3 is 0 Å². The lowest BCUT2D eigenvalue weighted by molar-refractivity contribution is -0.102. The molecule has 6 heteroatoms. The molecule has 0 saturated heterocycles. The zero-order valence-corrected chi connectivity index (χ0v) is 7.06. The summed E-state index contributed by atoms with van der Waals surface area (Å²) in [6, 6.07) is 1.40. The molecule has 1 aromatic heterocycles. The van der Waals surface area contributed by atoms with Crippen molar-refractivity contribution in [2.75, 3.05) is 12.3 Å². The first-order valence-corrected chi connectivity index (χ1v) is 3.65. The summed E-state index contributed by atoms with van der Waals surface area (Å²) in [4.78, 5) is 15.2. The van der Waals surface area contributed by atoms with Gasteiger partial charge in [0.05, 0.1) is 0 Å². The average molecular weight is 183 g/mol. The van der Waals surface area contributed by atoms with E-state index in [0.29, 0.717) is 12.9 Å². The van der Waals surface area contributed by atoms with Gasteiger partial charge in [-0.25, -0.2) is 0 Å². The van der Waals surface area contributed by atoms with E-state index in [4.69, 9.17) is 5.73 Å². The molecule has 6 nitrogen and oxygen atoms in total. The largest absolute Gasteiger partial charge is 0.395 e. The van der Waals surface area contributed by atoms with Crippen molar-refractivity contribution in [3.63, 3.8) is 0 Å². The number of nitrogen functional groups attached to an aromatic ring is 1. The smallest absolute Gasteiger partial charge is 0.222 e. The normalized spacial score (nSPS) is 11.3. The molecule has 1 heterocycles. The molecular weight excluding hydrogens is 174 g/mol. The second-order valence-electron chi connectivity index (χ2n) is 2.13. The number of rotatable bonds is 4. The molecule has 0 fully saturated rings. The van der Waals surface area contributed by atoms with Gasteiger partial charge in [0.1, 0.15) is 12.3 Å². The van der Waals surface area contributed by atoms with E-state index in [-0.39, 0.29) is 17.3 Å². The van der Waals surface area contributed by atoms with Crippen molar-refractivity contribution in [3.05, 3.63) is 11.8 Å². The number of aldehydes is 1. The number of oxime groups is 1. The van der Waals surface area contributed by atoms with Gasteiger partial charge < -0.3 is 15.1 Å². The Morgan fingerprint density at radius 2 is 2.69 bits per heavy atom. The van der Waals surface area contributed by atoms with Crippen LogP contribution in [0.4, 0.5) is 5.88 Å². The zero-order valence-electron chi connectivity index (χ0n) is 7.06. The summed E-state index contributed by atoms with van der Waals surface area (Å²) < 4.78 is 4.56. The third-order valence-electron chi connectivity index (χ3n) is 1.19. The molecule has 0 aliphatic heterocycles. The third kappa shape index (κ3) is 2.29. The van der Waals surface area contributed by atoms with Gasteiger partial charge in [0, 0.05) is 6.07 Å². The van der Waals surface area contributed by atoms with Gasteiger partial charge in [-0.05, 0) is 6.92 Å². The van der Waals surface area contributed by atoms with Crippen molar-refractivity contribution >= 4 is 17.9 Å². The number of carbonyl (C=O) groups is 1. The van der Waals surface area contributed by atoms with Gasteiger partial charge in [0.25, 0.3) is 0 Å². The molecule has 0 aromatic carbocycles. The molecule has 2 N–H and O–H groups in total. The Morgan fingerprint density at radius 1 is 1.92 bits per heavy atom. The summed E-state index contributed by atoms with van der Waals surface area (Å²) in [5, 5.41) is 7.01. The highest BCUT2D eigenvalue weighted by Gasteiger charge is 2.08. The van der Waals surface area contributed by atoms with E-state index in [1.165, 1.54) is 6.07 Å². The lowest BCUT2D eigenvalue weighted by Gasteiger charge is -1.92. The van der Waals surface area contributed by atoms with Crippen molar-refractivity contribution in [2.45, 2.75) is 6.92 Å². The zero-order chi connectivity index (χ0) is 9.68. The van der Waals surface area contributed by atoms with E-state index in [1.54, 1.807) is 6.92 Å². The molecule has 1 aromatic rings. The molecule has 70 valence electrons. The van der Waals surface area contributed by atoms with Crippen LogP contribution in [0.15, 0.2) is 15.7 Å². The molecule has 0 aliphatic rings. The maximum atomic E-state index is 10.5. The fraction of sp³-hybridized carbons (Fsp3) is 0.286. The fourth-order valence-corrected chi connectivity index (χ4v) is 0.673. The number of aromatic nitrogens is 1. The maximum Gasteiger partial charge on any atom is 0.222 e. The van der Waals surface area contributed by atoms with Gasteiger partial charge in [-0.3, -0.25) is 4.79 Å². The first-order chi connectivity index (χ1) is 6.27. The maximum absolute atomic E-state index is 10.5. The van der Waals surface area contributed by atoms with E-state index < -0.39 is 0 Å². The Balaban J connectivity index is 2.84. The topological polar surface area (TPSA) is 90.7 Å². The second-order valence-corrected chi connectivity index (χ2v) is 2.13. The highest BCUT2D eigenvalue weighted by molar-refractivity contribution is 6.35. The van der Waals surface area contributed by atoms with E-state index >= 15 is 0 Å². The molecule has 0 radical (unpaired) electrons. The van der Waals surface area contributed by atoms with Crippen molar-refractivity contribution in [2.24, 2.45) is 5.16 Å². The van der Waals surface area contributed by atoms with Crippen molar-refractivity contribution in [3.8, 4) is 0 Å². The van der Waals surface area contributed by atoms with Crippen LogP contribution in [-0.2, 0) is 9.63 Å². The molecule has 0 atom stereocenters. The van der Waals surface area contributed by atoms with Crippen LogP contribution < -0.4 is 5.73 Å². The molecule has 0 saturated carbocycles. The predicted octanol–water partition coefficient (Wildman–Crippen LogP) is 0.196. The Hall–Kier alpha value is -1.85. The number of nitrogens with zero attached hydrogens (tertiary/aromatic N) is 2. The Labute approximate surface area is 74.3 Å². The molecule has 1 rings (SSSR count).